The highest BCUT2D eigenvalue weighted by atomic mass is 35.5. The van der Waals surface area contributed by atoms with Crippen LogP contribution in [0.5, 0.6) is 0 Å². The van der Waals surface area contributed by atoms with E-state index in [-0.39, 0.29) is 24.3 Å². The number of rotatable bonds is 10. The van der Waals surface area contributed by atoms with Gasteiger partial charge in [0.2, 0.25) is 5.91 Å². The fourth-order valence-electron chi connectivity index (χ4n) is 4.15. The lowest BCUT2D eigenvalue weighted by Crippen LogP contribution is -2.48. The molecular weight excluding hydrogens is 527 g/mol. The van der Waals surface area contributed by atoms with Gasteiger partial charge in [-0.3, -0.25) is 9.69 Å². The molecule has 0 radical (unpaired) electrons. The summed E-state index contributed by atoms with van der Waals surface area (Å²) in [7, 11) is 0. The van der Waals surface area contributed by atoms with Gasteiger partial charge >= 0.3 is 6.03 Å². The monoisotopic (exact) mass is 558 g/mol. The number of carbonyl (C=O) groups is 2. The summed E-state index contributed by atoms with van der Waals surface area (Å²) in [5.41, 5.74) is 2.48. The van der Waals surface area contributed by atoms with E-state index in [1.165, 1.54) is 17.0 Å². The van der Waals surface area contributed by atoms with Gasteiger partial charge in [-0.05, 0) is 59.8 Å². The summed E-state index contributed by atoms with van der Waals surface area (Å²) in [5.74, 6) is -0.516. The van der Waals surface area contributed by atoms with Gasteiger partial charge in [-0.15, -0.1) is 11.3 Å². The van der Waals surface area contributed by atoms with Crippen LogP contribution in [-0.4, -0.2) is 72.6 Å². The molecule has 0 bridgehead atoms. The number of carbonyl (C=O) groups excluding carboxylic acids is 2. The number of anilines is 1. The first-order valence-corrected chi connectivity index (χ1v) is 13.8. The van der Waals surface area contributed by atoms with Crippen LogP contribution < -0.4 is 5.32 Å². The van der Waals surface area contributed by atoms with Crippen molar-refractivity contribution in [3.63, 3.8) is 0 Å². The van der Waals surface area contributed by atoms with E-state index in [9.17, 15) is 14.0 Å². The second-order valence-electron chi connectivity index (χ2n) is 9.22. The van der Waals surface area contributed by atoms with Crippen LogP contribution in [-0.2, 0) is 22.6 Å². The van der Waals surface area contributed by atoms with Gasteiger partial charge in [0, 0.05) is 48.3 Å². The molecule has 4 rings (SSSR count). The second-order valence-corrected chi connectivity index (χ2v) is 10.7. The maximum absolute atomic E-state index is 13.7. The molecule has 7 nitrogen and oxygen atoms in total. The molecule has 1 aromatic heterocycles. The Bertz CT molecular complexity index is 1220. The van der Waals surface area contributed by atoms with Crippen LogP contribution in [0.1, 0.15) is 16.0 Å². The normalized spacial score (nSPS) is 13.8. The van der Waals surface area contributed by atoms with Gasteiger partial charge in [-0.2, -0.15) is 0 Å². The summed E-state index contributed by atoms with van der Waals surface area (Å²) in [6, 6.07) is 14.7. The Morgan fingerprint density at radius 1 is 1.08 bits per heavy atom. The molecule has 1 aliphatic rings. The van der Waals surface area contributed by atoms with E-state index in [4.69, 9.17) is 16.3 Å². The summed E-state index contributed by atoms with van der Waals surface area (Å²) in [6.07, 6.45) is 0. The summed E-state index contributed by atoms with van der Waals surface area (Å²) >= 11 is 7.68. The van der Waals surface area contributed by atoms with Crippen molar-refractivity contribution in [1.29, 1.82) is 0 Å². The smallest absolute Gasteiger partial charge is 0.322 e. The van der Waals surface area contributed by atoms with E-state index in [0.29, 0.717) is 50.1 Å². The Morgan fingerprint density at radius 3 is 2.53 bits per heavy atom. The molecule has 1 aliphatic heterocycles. The van der Waals surface area contributed by atoms with Crippen LogP contribution in [0.25, 0.3) is 0 Å². The molecule has 0 saturated carbocycles. The molecule has 1 fully saturated rings. The third kappa shape index (κ3) is 8.26. The van der Waals surface area contributed by atoms with Crippen molar-refractivity contribution >= 4 is 40.6 Å². The number of nitrogens with zero attached hydrogens (tertiary/aromatic N) is 3. The van der Waals surface area contributed by atoms with Crippen molar-refractivity contribution in [2.75, 3.05) is 51.3 Å². The van der Waals surface area contributed by atoms with Crippen LogP contribution in [0.4, 0.5) is 14.9 Å². The number of ether oxygens (including phenoxy) is 1. The average Bonchev–Trinajstić information content (AvgIpc) is 3.31. The number of morpholine rings is 1. The molecule has 0 unspecified atom stereocenters. The highest BCUT2D eigenvalue weighted by molar-refractivity contribution is 7.10. The molecule has 3 amide bonds. The number of amides is 3. The molecule has 1 saturated heterocycles. The van der Waals surface area contributed by atoms with Gasteiger partial charge in [-0.1, -0.05) is 29.8 Å². The predicted octanol–water partition coefficient (Wildman–Crippen LogP) is 5.24. The van der Waals surface area contributed by atoms with Crippen molar-refractivity contribution in [3.05, 3.63) is 86.8 Å². The summed E-state index contributed by atoms with van der Waals surface area (Å²) < 4.78 is 18.9. The largest absolute Gasteiger partial charge is 0.379 e. The van der Waals surface area contributed by atoms with Crippen LogP contribution in [0.15, 0.2) is 60.0 Å². The zero-order valence-corrected chi connectivity index (χ0v) is 22.9. The molecular formula is C28H32ClFN4O3S. The average molecular weight is 559 g/mol. The predicted molar refractivity (Wildman–Crippen MR) is 149 cm³/mol. The highest BCUT2D eigenvalue weighted by Crippen LogP contribution is 2.20. The first-order chi connectivity index (χ1) is 18.4. The van der Waals surface area contributed by atoms with E-state index in [0.717, 1.165) is 29.1 Å². The first kappa shape index (κ1) is 28.0. The summed E-state index contributed by atoms with van der Waals surface area (Å²) in [5, 5.41) is 5.38. The number of hydrogen-bond acceptors (Lipinski definition) is 5. The van der Waals surface area contributed by atoms with E-state index in [1.54, 1.807) is 52.6 Å². The molecule has 202 valence electrons. The number of urea groups is 1. The number of hydrogen-bond donors (Lipinski definition) is 1. The standard InChI is InChI=1S/C28H32ClFN4O3S/c1-21-9-16-38-26(21)19-34(18-22-5-7-24(30)8-6-22)27(35)20-33(11-10-32-12-14-37-15-13-32)28(36)31-25-4-2-3-23(29)17-25/h2-9,16-17H,10-15,18-20H2,1H3,(H,31,36). The summed E-state index contributed by atoms with van der Waals surface area (Å²) in [4.78, 5) is 33.6. The molecule has 0 atom stereocenters. The van der Waals surface area contributed by atoms with Crippen LogP contribution in [0, 0.1) is 12.7 Å². The lowest BCUT2D eigenvalue weighted by molar-refractivity contribution is -0.133. The van der Waals surface area contributed by atoms with Crippen LogP contribution in [0.2, 0.25) is 5.02 Å². The fraction of sp³-hybridized carbons (Fsp3) is 0.357. The molecule has 2 aromatic carbocycles. The third-order valence-electron chi connectivity index (χ3n) is 6.42. The lowest BCUT2D eigenvalue weighted by Gasteiger charge is -2.31. The third-order valence-corrected chi connectivity index (χ3v) is 7.66. The molecule has 2 heterocycles. The Morgan fingerprint density at radius 2 is 1.84 bits per heavy atom. The Hall–Kier alpha value is -2.98. The summed E-state index contributed by atoms with van der Waals surface area (Å²) in [6.45, 7) is 6.51. The van der Waals surface area contributed by atoms with Crippen LogP contribution in [0.3, 0.4) is 0 Å². The Labute approximate surface area is 231 Å². The lowest BCUT2D eigenvalue weighted by atomic mass is 10.2. The van der Waals surface area contributed by atoms with Crippen molar-refractivity contribution in [2.45, 2.75) is 20.0 Å². The van der Waals surface area contributed by atoms with E-state index < -0.39 is 0 Å². The van der Waals surface area contributed by atoms with Gasteiger partial charge in [0.1, 0.15) is 12.4 Å². The highest BCUT2D eigenvalue weighted by Gasteiger charge is 2.24. The molecule has 1 N–H and O–H groups in total. The Kier molecular flexibility index (Phi) is 10.1. The maximum Gasteiger partial charge on any atom is 0.322 e. The van der Waals surface area contributed by atoms with Gasteiger partial charge in [-0.25, -0.2) is 9.18 Å². The van der Waals surface area contributed by atoms with Gasteiger partial charge in [0.05, 0.1) is 19.8 Å². The van der Waals surface area contributed by atoms with Gasteiger partial charge in [0.25, 0.3) is 0 Å². The minimum atomic E-state index is -0.372. The quantitative estimate of drug-likeness (QED) is 0.369. The zero-order valence-electron chi connectivity index (χ0n) is 21.4. The SMILES string of the molecule is Cc1ccsc1CN(Cc1ccc(F)cc1)C(=O)CN(CCN1CCOCC1)C(=O)Nc1cccc(Cl)c1. The second kappa shape index (κ2) is 13.7. The van der Waals surface area contributed by atoms with E-state index in [2.05, 4.69) is 10.2 Å². The van der Waals surface area contributed by atoms with Crippen LogP contribution >= 0.6 is 22.9 Å². The fourth-order valence-corrected chi connectivity index (χ4v) is 5.26. The maximum atomic E-state index is 13.7. The number of benzene rings is 2. The molecule has 38 heavy (non-hydrogen) atoms. The zero-order chi connectivity index (χ0) is 26.9. The van der Waals surface area contributed by atoms with Crippen molar-refractivity contribution in [1.82, 2.24) is 14.7 Å². The van der Waals surface area contributed by atoms with E-state index in [1.807, 2.05) is 18.4 Å². The minimum Gasteiger partial charge on any atom is -0.379 e. The number of thiophene rings is 1. The van der Waals surface area contributed by atoms with Crippen molar-refractivity contribution in [2.24, 2.45) is 0 Å². The molecule has 3 aromatic rings. The molecule has 0 spiro atoms. The van der Waals surface area contributed by atoms with Gasteiger partial charge in [0.15, 0.2) is 0 Å². The molecule has 10 heteroatoms. The minimum absolute atomic E-state index is 0.0949. The number of nitrogens with one attached hydrogen (secondary N) is 1. The number of halogens is 2. The molecule has 0 aliphatic carbocycles. The van der Waals surface area contributed by atoms with Crippen molar-refractivity contribution < 1.29 is 18.7 Å². The van der Waals surface area contributed by atoms with Gasteiger partial charge < -0.3 is 19.9 Å². The topological polar surface area (TPSA) is 65.1 Å². The number of aryl methyl sites for hydroxylation is 1. The Balaban J connectivity index is 1.51. The van der Waals surface area contributed by atoms with E-state index >= 15 is 0 Å². The first-order valence-electron chi connectivity index (χ1n) is 12.5. The van der Waals surface area contributed by atoms with Crippen molar-refractivity contribution in [3.8, 4) is 0 Å².